The van der Waals surface area contributed by atoms with Crippen LogP contribution >= 0.6 is 0 Å². The number of rotatable bonds is 8. The lowest BCUT2D eigenvalue weighted by Gasteiger charge is -2.32. The van der Waals surface area contributed by atoms with Crippen LogP contribution in [0, 0.1) is 0 Å². The highest BCUT2D eigenvalue weighted by molar-refractivity contribution is 6.62. The second-order valence-corrected chi connectivity index (χ2v) is 14.1. The van der Waals surface area contributed by atoms with Crippen molar-refractivity contribution >= 4 is 53.2 Å². The van der Waals surface area contributed by atoms with Gasteiger partial charge < -0.3 is 34.3 Å². The molecule has 1 unspecified atom stereocenters. The van der Waals surface area contributed by atoms with Gasteiger partial charge in [-0.2, -0.15) is 0 Å². The Morgan fingerprint density at radius 2 is 1.75 bits per heavy atom. The fourth-order valence-electron chi connectivity index (χ4n) is 6.45. The Labute approximate surface area is 297 Å². The Balaban J connectivity index is 1.07. The van der Waals surface area contributed by atoms with E-state index in [9.17, 15) is 14.4 Å². The molecule has 3 aliphatic heterocycles. The largest absolute Gasteiger partial charge is 0.495 e. The van der Waals surface area contributed by atoms with E-state index in [2.05, 4.69) is 20.6 Å². The van der Waals surface area contributed by atoms with Gasteiger partial charge in [-0.25, -0.2) is 4.98 Å². The number of hydrogen-bond acceptors (Lipinski definition) is 10. The van der Waals surface area contributed by atoms with Gasteiger partial charge in [0, 0.05) is 60.1 Å². The molecular weight excluding hydrogens is 649 g/mol. The quantitative estimate of drug-likeness (QED) is 0.165. The van der Waals surface area contributed by atoms with E-state index in [1.54, 1.807) is 41.6 Å². The zero-order chi connectivity index (χ0) is 36.1. The molecule has 0 spiro atoms. The number of pyridine rings is 2. The number of benzene rings is 2. The van der Waals surface area contributed by atoms with Crippen molar-refractivity contribution in [3.05, 3.63) is 83.8 Å². The Morgan fingerprint density at radius 1 is 0.980 bits per heavy atom. The number of esters is 1. The van der Waals surface area contributed by atoms with Crippen molar-refractivity contribution in [1.29, 1.82) is 0 Å². The second kappa shape index (κ2) is 13.1. The Hall–Kier alpha value is -5.27. The molecule has 13 heteroatoms. The maximum Gasteiger partial charge on any atom is 0.495 e. The minimum absolute atomic E-state index is 0.0412. The maximum atomic E-state index is 13.4. The standard InChI is InChI=1S/C38H40BN5O7/c1-22-30-17-34(41-20-31(30)29-11-10-28(16-33(29)49-22)44-13-7-8-35(44)46)42-26-15-27(19-40-18-26)43-36(47)24-9-12-32(25(14-24)21-48-23(2)45)39-50-37(3,4)38(5,6)51-39/h9-12,14-20,22H,7-8,13,21H2,1-6H3,(H,41,42)(H,43,47). The summed E-state index contributed by atoms with van der Waals surface area (Å²) in [6.45, 7) is 11.8. The lowest BCUT2D eigenvalue weighted by molar-refractivity contribution is -0.142. The molecule has 7 rings (SSSR count). The SMILES string of the molecule is CC(=O)OCc1cc(C(=O)Nc2cncc(Nc3cc4c(cn3)-c3ccc(N5CCCC5=O)cc3OC4C)c2)ccc1B1OC(C)(C)C(C)(C)O1. The smallest absolute Gasteiger partial charge is 0.485 e. The number of nitrogens with zero attached hydrogens (tertiary/aromatic N) is 3. The van der Waals surface area contributed by atoms with Crippen LogP contribution in [0.2, 0.25) is 0 Å². The van der Waals surface area contributed by atoms with Crippen molar-refractivity contribution in [2.24, 2.45) is 0 Å². The number of ether oxygens (including phenoxy) is 2. The van der Waals surface area contributed by atoms with Crippen LogP contribution in [0.15, 0.2) is 67.1 Å². The zero-order valence-electron chi connectivity index (χ0n) is 29.5. The summed E-state index contributed by atoms with van der Waals surface area (Å²) < 4.78 is 24.1. The molecule has 12 nitrogen and oxygen atoms in total. The van der Waals surface area contributed by atoms with Gasteiger partial charge in [-0.15, -0.1) is 0 Å². The van der Waals surface area contributed by atoms with Crippen LogP contribution in [-0.4, -0.2) is 52.6 Å². The first kappa shape index (κ1) is 34.2. The van der Waals surface area contributed by atoms with Gasteiger partial charge in [-0.05, 0) is 88.5 Å². The number of carbonyl (C=O) groups excluding carboxylic acids is 3. The van der Waals surface area contributed by atoms with Crippen LogP contribution < -0.4 is 25.7 Å². The minimum atomic E-state index is -0.689. The molecule has 2 saturated heterocycles. The van der Waals surface area contributed by atoms with Crippen LogP contribution in [0.4, 0.5) is 22.9 Å². The molecular formula is C38H40BN5O7. The first-order valence-electron chi connectivity index (χ1n) is 17.0. The molecule has 5 heterocycles. The lowest BCUT2D eigenvalue weighted by atomic mass is 9.75. The molecule has 51 heavy (non-hydrogen) atoms. The summed E-state index contributed by atoms with van der Waals surface area (Å²) in [6, 6.07) is 14.7. The predicted octanol–water partition coefficient (Wildman–Crippen LogP) is 6.08. The molecule has 3 aliphatic rings. The topological polar surface area (TPSA) is 141 Å². The van der Waals surface area contributed by atoms with Gasteiger partial charge in [0.2, 0.25) is 5.91 Å². The molecule has 0 saturated carbocycles. The molecule has 4 aromatic rings. The number of fused-ring (bicyclic) bond motifs is 3. The van der Waals surface area contributed by atoms with Crippen LogP contribution in [0.3, 0.4) is 0 Å². The Bertz CT molecular complexity index is 2040. The van der Waals surface area contributed by atoms with Gasteiger partial charge in [-0.3, -0.25) is 19.4 Å². The van der Waals surface area contributed by atoms with E-state index in [0.29, 0.717) is 40.2 Å². The highest BCUT2D eigenvalue weighted by atomic mass is 16.7. The summed E-state index contributed by atoms with van der Waals surface area (Å²) in [7, 11) is -0.689. The average molecular weight is 690 g/mol. The lowest BCUT2D eigenvalue weighted by Crippen LogP contribution is -2.41. The molecule has 1 atom stereocenters. The molecule has 0 aliphatic carbocycles. The summed E-state index contributed by atoms with van der Waals surface area (Å²) in [5.74, 6) is 0.639. The van der Waals surface area contributed by atoms with Gasteiger partial charge in [-0.1, -0.05) is 6.07 Å². The van der Waals surface area contributed by atoms with E-state index in [0.717, 1.165) is 41.1 Å². The van der Waals surface area contributed by atoms with E-state index < -0.39 is 24.3 Å². The summed E-state index contributed by atoms with van der Waals surface area (Å²) in [5, 5.41) is 6.20. The number of carbonyl (C=O) groups is 3. The van der Waals surface area contributed by atoms with E-state index in [1.807, 2.05) is 65.1 Å². The Kier molecular flexibility index (Phi) is 8.80. The van der Waals surface area contributed by atoms with Crippen molar-refractivity contribution in [3.63, 3.8) is 0 Å². The van der Waals surface area contributed by atoms with Crippen LogP contribution in [0.25, 0.3) is 11.1 Å². The molecule has 0 bridgehead atoms. The maximum absolute atomic E-state index is 13.4. The number of anilines is 4. The molecule has 0 radical (unpaired) electrons. The van der Waals surface area contributed by atoms with Gasteiger partial charge in [0.25, 0.3) is 5.91 Å². The van der Waals surface area contributed by atoms with Crippen molar-refractivity contribution in [2.75, 3.05) is 22.1 Å². The van der Waals surface area contributed by atoms with Gasteiger partial charge in [0.15, 0.2) is 0 Å². The first-order chi connectivity index (χ1) is 24.3. The highest BCUT2D eigenvalue weighted by Gasteiger charge is 2.52. The zero-order valence-corrected chi connectivity index (χ0v) is 29.5. The Morgan fingerprint density at radius 3 is 2.47 bits per heavy atom. The highest BCUT2D eigenvalue weighted by Crippen LogP contribution is 2.45. The van der Waals surface area contributed by atoms with E-state index in [4.69, 9.17) is 18.8 Å². The monoisotopic (exact) mass is 689 g/mol. The van der Waals surface area contributed by atoms with Crippen LogP contribution in [-0.2, 0) is 30.2 Å². The second-order valence-electron chi connectivity index (χ2n) is 14.1. The summed E-state index contributed by atoms with van der Waals surface area (Å²) in [6.07, 6.45) is 6.20. The fraction of sp³-hybridized carbons (Fsp3) is 0.342. The molecule has 2 aromatic carbocycles. The summed E-state index contributed by atoms with van der Waals surface area (Å²) >= 11 is 0. The van der Waals surface area contributed by atoms with Crippen molar-refractivity contribution in [1.82, 2.24) is 9.97 Å². The molecule has 2 amide bonds. The van der Waals surface area contributed by atoms with E-state index >= 15 is 0 Å². The average Bonchev–Trinajstić information content (AvgIpc) is 3.61. The van der Waals surface area contributed by atoms with Gasteiger partial charge >= 0.3 is 13.1 Å². The fourth-order valence-corrected chi connectivity index (χ4v) is 6.45. The first-order valence-corrected chi connectivity index (χ1v) is 17.0. The van der Waals surface area contributed by atoms with Gasteiger partial charge in [0.05, 0.1) is 35.0 Å². The third-order valence-corrected chi connectivity index (χ3v) is 9.93. The normalized spacial score (nSPS) is 18.5. The van der Waals surface area contributed by atoms with Gasteiger partial charge in [0.1, 0.15) is 24.3 Å². The summed E-state index contributed by atoms with van der Waals surface area (Å²) in [5.41, 5.74) is 5.31. The van der Waals surface area contributed by atoms with Crippen LogP contribution in [0.5, 0.6) is 5.75 Å². The van der Waals surface area contributed by atoms with Crippen molar-refractivity contribution in [2.45, 2.75) is 78.3 Å². The van der Waals surface area contributed by atoms with Crippen molar-refractivity contribution in [3.8, 4) is 16.9 Å². The van der Waals surface area contributed by atoms with Crippen LogP contribution in [0.1, 0.15) is 82.0 Å². The summed E-state index contributed by atoms with van der Waals surface area (Å²) in [4.78, 5) is 48.2. The number of nitrogens with one attached hydrogen (secondary N) is 2. The molecule has 2 N–H and O–H groups in total. The third-order valence-electron chi connectivity index (χ3n) is 9.93. The number of hydrogen-bond donors (Lipinski definition) is 2. The van der Waals surface area contributed by atoms with Crippen molar-refractivity contribution < 1.29 is 33.2 Å². The molecule has 2 aromatic heterocycles. The predicted molar refractivity (Wildman–Crippen MR) is 193 cm³/mol. The third kappa shape index (κ3) is 6.78. The van der Waals surface area contributed by atoms with E-state index in [-0.39, 0.29) is 24.5 Å². The number of amides is 2. The molecule has 262 valence electrons. The number of aromatic nitrogens is 2. The van der Waals surface area contributed by atoms with E-state index in [1.165, 1.54) is 6.92 Å². The molecule has 2 fully saturated rings. The minimum Gasteiger partial charge on any atom is -0.485 e.